The van der Waals surface area contributed by atoms with Crippen molar-refractivity contribution in [1.29, 1.82) is 0 Å². The summed E-state index contributed by atoms with van der Waals surface area (Å²) >= 11 is 0. The van der Waals surface area contributed by atoms with Gasteiger partial charge < -0.3 is 15.6 Å². The van der Waals surface area contributed by atoms with Gasteiger partial charge in [0.1, 0.15) is 12.2 Å². The largest absolute Gasteiger partial charge is 0.406 e. The Morgan fingerprint density at radius 3 is 2.37 bits per heavy atom. The van der Waals surface area contributed by atoms with Gasteiger partial charge in [0.15, 0.2) is 0 Å². The number of nitrogens with zero attached hydrogens (tertiary/aromatic N) is 1. The van der Waals surface area contributed by atoms with Crippen LogP contribution in [-0.2, 0) is 0 Å². The van der Waals surface area contributed by atoms with Crippen LogP contribution in [0.25, 0.3) is 0 Å². The van der Waals surface area contributed by atoms with Crippen LogP contribution in [0.5, 0.6) is 0 Å². The standard InChI is InChI=1S/C12H18F3N3O/c1-3-9(4-2)18(7-12(13,14)15)11(19)10-5-8(16)6-17-10/h5-6,9,17H,3-4,7,16H2,1-2H3. The smallest absolute Gasteiger partial charge is 0.397 e. The second kappa shape index (κ2) is 5.99. The number of rotatable bonds is 5. The molecule has 0 saturated carbocycles. The number of carbonyl (C=O) groups is 1. The van der Waals surface area contributed by atoms with Crippen molar-refractivity contribution in [3.8, 4) is 0 Å². The van der Waals surface area contributed by atoms with E-state index in [4.69, 9.17) is 5.73 Å². The molecule has 4 nitrogen and oxygen atoms in total. The van der Waals surface area contributed by atoms with Gasteiger partial charge in [0.25, 0.3) is 5.91 Å². The molecule has 1 aromatic rings. The monoisotopic (exact) mass is 277 g/mol. The summed E-state index contributed by atoms with van der Waals surface area (Å²) in [5.74, 6) is -0.678. The molecule has 0 spiro atoms. The normalized spacial score (nSPS) is 11.9. The molecule has 1 rings (SSSR count). The number of aromatic nitrogens is 1. The fourth-order valence-corrected chi connectivity index (χ4v) is 1.98. The molecule has 1 aromatic heterocycles. The third kappa shape index (κ3) is 4.18. The molecule has 1 heterocycles. The first-order valence-electron chi connectivity index (χ1n) is 6.10. The van der Waals surface area contributed by atoms with Crippen LogP contribution in [0.1, 0.15) is 37.2 Å². The van der Waals surface area contributed by atoms with Crippen molar-refractivity contribution < 1.29 is 18.0 Å². The fraction of sp³-hybridized carbons (Fsp3) is 0.583. The maximum absolute atomic E-state index is 12.6. The first kappa shape index (κ1) is 15.4. The predicted octanol–water partition coefficient (Wildman–Crippen LogP) is 2.79. The zero-order valence-electron chi connectivity index (χ0n) is 10.9. The number of H-pyrrole nitrogens is 1. The summed E-state index contributed by atoms with van der Waals surface area (Å²) in [6.45, 7) is 2.26. The molecule has 0 unspecified atom stereocenters. The lowest BCUT2D eigenvalue weighted by molar-refractivity contribution is -0.145. The number of nitrogens with two attached hydrogens (primary N) is 1. The molecule has 0 fully saturated rings. The quantitative estimate of drug-likeness (QED) is 0.869. The maximum Gasteiger partial charge on any atom is 0.406 e. The highest BCUT2D eigenvalue weighted by atomic mass is 19.4. The number of amides is 1. The Kier molecular flexibility index (Phi) is 4.85. The highest BCUT2D eigenvalue weighted by molar-refractivity contribution is 5.93. The maximum atomic E-state index is 12.6. The van der Waals surface area contributed by atoms with E-state index >= 15 is 0 Å². The number of hydrogen-bond donors (Lipinski definition) is 2. The van der Waals surface area contributed by atoms with E-state index in [0.29, 0.717) is 18.5 Å². The predicted molar refractivity (Wildman–Crippen MR) is 66.7 cm³/mol. The number of nitrogens with one attached hydrogen (secondary N) is 1. The summed E-state index contributed by atoms with van der Waals surface area (Å²) in [7, 11) is 0. The Morgan fingerprint density at radius 2 is 2.00 bits per heavy atom. The number of carbonyl (C=O) groups excluding carboxylic acids is 1. The third-order valence-corrected chi connectivity index (χ3v) is 2.93. The van der Waals surface area contributed by atoms with E-state index in [1.807, 2.05) is 0 Å². The van der Waals surface area contributed by atoms with E-state index in [0.717, 1.165) is 4.90 Å². The van der Waals surface area contributed by atoms with Crippen molar-refractivity contribution >= 4 is 11.6 Å². The van der Waals surface area contributed by atoms with Gasteiger partial charge in [-0.3, -0.25) is 4.79 Å². The van der Waals surface area contributed by atoms with Crippen LogP contribution >= 0.6 is 0 Å². The SMILES string of the molecule is CCC(CC)N(CC(F)(F)F)C(=O)c1cc(N)c[nH]1. The van der Waals surface area contributed by atoms with Crippen molar-refractivity contribution in [2.24, 2.45) is 0 Å². The molecule has 0 aliphatic carbocycles. The minimum Gasteiger partial charge on any atom is -0.397 e. The molecule has 0 aliphatic rings. The second-order valence-electron chi connectivity index (χ2n) is 4.37. The van der Waals surface area contributed by atoms with Gasteiger partial charge in [-0.15, -0.1) is 0 Å². The molecule has 7 heteroatoms. The number of anilines is 1. The summed E-state index contributed by atoms with van der Waals surface area (Å²) in [4.78, 5) is 15.6. The van der Waals surface area contributed by atoms with Crippen LogP contribution in [-0.4, -0.2) is 34.6 Å². The van der Waals surface area contributed by atoms with Crippen molar-refractivity contribution in [1.82, 2.24) is 9.88 Å². The van der Waals surface area contributed by atoms with Crippen LogP contribution in [0.15, 0.2) is 12.3 Å². The zero-order valence-corrected chi connectivity index (χ0v) is 10.9. The highest BCUT2D eigenvalue weighted by Crippen LogP contribution is 2.22. The van der Waals surface area contributed by atoms with Crippen molar-refractivity contribution in [2.45, 2.75) is 38.9 Å². The van der Waals surface area contributed by atoms with Crippen molar-refractivity contribution in [3.05, 3.63) is 18.0 Å². The summed E-state index contributed by atoms with van der Waals surface area (Å²) < 4.78 is 37.8. The van der Waals surface area contributed by atoms with E-state index < -0.39 is 24.7 Å². The Labute approximate surface area is 109 Å². The number of halogens is 3. The number of nitrogen functional groups attached to an aromatic ring is 1. The molecule has 0 bridgehead atoms. The van der Waals surface area contributed by atoms with E-state index in [-0.39, 0.29) is 5.69 Å². The minimum absolute atomic E-state index is 0.0775. The lowest BCUT2D eigenvalue weighted by Crippen LogP contribution is -2.45. The zero-order chi connectivity index (χ0) is 14.6. The second-order valence-corrected chi connectivity index (χ2v) is 4.37. The van der Waals surface area contributed by atoms with Gasteiger partial charge in [-0.2, -0.15) is 13.2 Å². The molecular weight excluding hydrogens is 259 g/mol. The van der Waals surface area contributed by atoms with Crippen LogP contribution in [0.4, 0.5) is 18.9 Å². The molecule has 0 radical (unpaired) electrons. The van der Waals surface area contributed by atoms with Gasteiger partial charge in [-0.1, -0.05) is 13.8 Å². The first-order chi connectivity index (χ1) is 8.78. The topological polar surface area (TPSA) is 62.1 Å². The van der Waals surface area contributed by atoms with Crippen LogP contribution in [0, 0.1) is 0 Å². The van der Waals surface area contributed by atoms with E-state index in [2.05, 4.69) is 4.98 Å². The van der Waals surface area contributed by atoms with E-state index in [9.17, 15) is 18.0 Å². The van der Waals surface area contributed by atoms with Crippen LogP contribution < -0.4 is 5.73 Å². The van der Waals surface area contributed by atoms with Crippen LogP contribution in [0.2, 0.25) is 0 Å². The molecule has 3 N–H and O–H groups in total. The highest BCUT2D eigenvalue weighted by Gasteiger charge is 2.36. The third-order valence-electron chi connectivity index (χ3n) is 2.93. The summed E-state index contributed by atoms with van der Waals surface area (Å²) in [5.41, 5.74) is 5.86. The molecule has 0 aliphatic heterocycles. The molecule has 0 aromatic carbocycles. The molecule has 1 amide bonds. The average Bonchev–Trinajstić information content (AvgIpc) is 2.73. The first-order valence-corrected chi connectivity index (χ1v) is 6.10. The Morgan fingerprint density at radius 1 is 1.42 bits per heavy atom. The minimum atomic E-state index is -4.42. The number of hydrogen-bond acceptors (Lipinski definition) is 2. The van der Waals surface area contributed by atoms with Gasteiger partial charge in [0.05, 0.1) is 0 Å². The van der Waals surface area contributed by atoms with Crippen molar-refractivity contribution in [2.75, 3.05) is 12.3 Å². The molecule has 19 heavy (non-hydrogen) atoms. The van der Waals surface area contributed by atoms with Gasteiger partial charge in [-0.05, 0) is 18.9 Å². The Hall–Kier alpha value is -1.66. The van der Waals surface area contributed by atoms with E-state index in [1.165, 1.54) is 12.3 Å². The van der Waals surface area contributed by atoms with Gasteiger partial charge in [-0.25, -0.2) is 0 Å². The molecule has 0 saturated heterocycles. The number of aromatic amines is 1. The molecule has 0 atom stereocenters. The lowest BCUT2D eigenvalue weighted by atomic mass is 10.1. The van der Waals surface area contributed by atoms with Gasteiger partial charge in [0.2, 0.25) is 0 Å². The Bertz CT molecular complexity index is 424. The number of alkyl halides is 3. The van der Waals surface area contributed by atoms with Crippen molar-refractivity contribution in [3.63, 3.8) is 0 Å². The summed E-state index contributed by atoms with van der Waals surface area (Å²) in [5, 5.41) is 0. The Balaban J connectivity index is 2.98. The van der Waals surface area contributed by atoms with E-state index in [1.54, 1.807) is 13.8 Å². The van der Waals surface area contributed by atoms with Crippen LogP contribution in [0.3, 0.4) is 0 Å². The van der Waals surface area contributed by atoms with Gasteiger partial charge in [0, 0.05) is 17.9 Å². The summed E-state index contributed by atoms with van der Waals surface area (Å²) in [6.07, 6.45) is -2.11. The molecular formula is C12H18F3N3O. The fourth-order valence-electron chi connectivity index (χ4n) is 1.98. The average molecular weight is 277 g/mol. The van der Waals surface area contributed by atoms with Gasteiger partial charge >= 0.3 is 6.18 Å². The lowest BCUT2D eigenvalue weighted by Gasteiger charge is -2.30. The molecule has 108 valence electrons. The summed E-state index contributed by atoms with van der Waals surface area (Å²) in [6, 6.07) is 0.896.